The molecule has 1 aromatic heterocycles. The number of piperazine rings is 1. The summed E-state index contributed by atoms with van der Waals surface area (Å²) in [6.45, 7) is 6.76. The van der Waals surface area contributed by atoms with Crippen LogP contribution < -0.4 is 4.90 Å². The summed E-state index contributed by atoms with van der Waals surface area (Å²) in [5, 5.41) is 3.72. The van der Waals surface area contributed by atoms with Gasteiger partial charge in [0.25, 0.3) is 5.89 Å². The molecule has 0 radical (unpaired) electrons. The van der Waals surface area contributed by atoms with E-state index in [1.807, 2.05) is 11.0 Å². The van der Waals surface area contributed by atoms with Crippen LogP contribution in [0.25, 0.3) is 11.5 Å². The topological polar surface area (TPSA) is 65.7 Å². The van der Waals surface area contributed by atoms with Gasteiger partial charge in [-0.3, -0.25) is 9.69 Å². The quantitative estimate of drug-likeness (QED) is 0.714. The summed E-state index contributed by atoms with van der Waals surface area (Å²) in [5.41, 5.74) is 1.09. The van der Waals surface area contributed by atoms with Gasteiger partial charge in [0, 0.05) is 51.0 Å². The second kappa shape index (κ2) is 9.12. The van der Waals surface area contributed by atoms with E-state index in [9.17, 15) is 9.18 Å². The maximum absolute atomic E-state index is 14.6. The molecule has 0 unspecified atom stereocenters. The Morgan fingerprint density at radius 1 is 1.13 bits per heavy atom. The number of anilines is 1. The number of amides is 1. The molecule has 31 heavy (non-hydrogen) atoms. The highest BCUT2D eigenvalue weighted by atomic mass is 35.5. The van der Waals surface area contributed by atoms with E-state index in [2.05, 4.69) is 19.9 Å². The van der Waals surface area contributed by atoms with Gasteiger partial charge in [-0.05, 0) is 44.4 Å². The number of rotatable bonds is 4. The summed E-state index contributed by atoms with van der Waals surface area (Å²) in [6, 6.07) is 5.78. The van der Waals surface area contributed by atoms with Gasteiger partial charge in [-0.25, -0.2) is 4.39 Å². The second-order valence-corrected chi connectivity index (χ2v) is 8.69. The molecule has 7 nitrogen and oxygen atoms in total. The van der Waals surface area contributed by atoms with E-state index < -0.39 is 5.82 Å². The van der Waals surface area contributed by atoms with Crippen LogP contribution in [0.2, 0.25) is 0 Å². The normalized spacial score (nSPS) is 22.3. The van der Waals surface area contributed by atoms with E-state index in [4.69, 9.17) is 4.52 Å². The molecule has 168 valence electrons. The SMILES string of the molecule is Cc1noc(-c2ccc(N3CC[C@H](C(=O)N4CCN(C5CCC5)CC4)C3)cc2F)n1.Cl. The number of carbonyl (C=O) groups excluding carboxylic acids is 1. The average Bonchev–Trinajstić information content (AvgIpc) is 3.36. The van der Waals surface area contributed by atoms with Gasteiger partial charge in [0.15, 0.2) is 5.82 Å². The lowest BCUT2D eigenvalue weighted by molar-refractivity contribution is -0.137. The minimum Gasteiger partial charge on any atom is -0.371 e. The lowest BCUT2D eigenvalue weighted by Gasteiger charge is -2.43. The Kier molecular flexibility index (Phi) is 6.48. The van der Waals surface area contributed by atoms with E-state index in [0.717, 1.165) is 50.9 Å². The van der Waals surface area contributed by atoms with Crippen LogP contribution in [0.1, 0.15) is 31.5 Å². The Bertz CT molecular complexity index is 926. The molecule has 3 aliphatic rings. The predicted molar refractivity (Wildman–Crippen MR) is 118 cm³/mol. The molecule has 0 N–H and O–H groups in total. The van der Waals surface area contributed by atoms with E-state index in [-0.39, 0.29) is 30.1 Å². The van der Waals surface area contributed by atoms with Crippen LogP contribution in [0.3, 0.4) is 0 Å². The number of halogens is 2. The first-order chi connectivity index (χ1) is 14.6. The van der Waals surface area contributed by atoms with Gasteiger partial charge < -0.3 is 14.3 Å². The van der Waals surface area contributed by atoms with Crippen molar-refractivity contribution in [2.75, 3.05) is 44.2 Å². The number of carbonyl (C=O) groups is 1. The average molecular weight is 450 g/mol. The summed E-state index contributed by atoms with van der Waals surface area (Å²) in [5.74, 6) is 0.513. The first kappa shape index (κ1) is 22.0. The van der Waals surface area contributed by atoms with Gasteiger partial charge in [0.2, 0.25) is 5.91 Å². The molecule has 2 saturated heterocycles. The van der Waals surface area contributed by atoms with Crippen molar-refractivity contribution in [2.24, 2.45) is 5.92 Å². The van der Waals surface area contributed by atoms with Crippen LogP contribution in [0, 0.1) is 18.7 Å². The highest BCUT2D eigenvalue weighted by Crippen LogP contribution is 2.30. The number of hydrogen-bond acceptors (Lipinski definition) is 6. The van der Waals surface area contributed by atoms with Crippen LogP contribution in [-0.2, 0) is 4.79 Å². The third-order valence-corrected chi connectivity index (χ3v) is 6.83. The summed E-state index contributed by atoms with van der Waals surface area (Å²) < 4.78 is 19.7. The Balaban J connectivity index is 0.00000231. The number of benzene rings is 1. The molecule has 1 aromatic carbocycles. The molecule has 3 fully saturated rings. The lowest BCUT2D eigenvalue weighted by Crippen LogP contribution is -2.54. The molecular weight excluding hydrogens is 421 g/mol. The summed E-state index contributed by atoms with van der Waals surface area (Å²) in [4.78, 5) is 23.8. The second-order valence-electron chi connectivity index (χ2n) is 8.69. The first-order valence-corrected chi connectivity index (χ1v) is 11.0. The van der Waals surface area contributed by atoms with Crippen LogP contribution >= 0.6 is 12.4 Å². The van der Waals surface area contributed by atoms with Crippen molar-refractivity contribution in [3.8, 4) is 11.5 Å². The molecule has 1 atom stereocenters. The van der Waals surface area contributed by atoms with Crippen molar-refractivity contribution in [3.63, 3.8) is 0 Å². The zero-order valence-electron chi connectivity index (χ0n) is 17.8. The molecule has 2 aliphatic heterocycles. The van der Waals surface area contributed by atoms with Gasteiger partial charge in [0.1, 0.15) is 5.82 Å². The van der Waals surface area contributed by atoms with E-state index in [0.29, 0.717) is 17.9 Å². The molecule has 3 heterocycles. The molecule has 1 amide bonds. The van der Waals surface area contributed by atoms with Crippen molar-refractivity contribution in [3.05, 3.63) is 29.8 Å². The Morgan fingerprint density at radius 2 is 1.90 bits per heavy atom. The third kappa shape index (κ3) is 4.41. The smallest absolute Gasteiger partial charge is 0.260 e. The fourth-order valence-corrected chi connectivity index (χ4v) is 4.79. The molecule has 0 bridgehead atoms. The highest BCUT2D eigenvalue weighted by molar-refractivity contribution is 5.85. The number of aromatic nitrogens is 2. The maximum atomic E-state index is 14.6. The fourth-order valence-electron chi connectivity index (χ4n) is 4.79. The number of hydrogen-bond donors (Lipinski definition) is 0. The monoisotopic (exact) mass is 449 g/mol. The third-order valence-electron chi connectivity index (χ3n) is 6.83. The van der Waals surface area contributed by atoms with Crippen molar-refractivity contribution in [1.82, 2.24) is 19.9 Å². The predicted octanol–water partition coefficient (Wildman–Crippen LogP) is 3.13. The van der Waals surface area contributed by atoms with Gasteiger partial charge >= 0.3 is 0 Å². The molecule has 5 rings (SSSR count). The minimum atomic E-state index is -0.391. The zero-order valence-corrected chi connectivity index (χ0v) is 18.6. The van der Waals surface area contributed by atoms with Crippen molar-refractivity contribution in [2.45, 2.75) is 38.6 Å². The largest absolute Gasteiger partial charge is 0.371 e. The molecule has 0 spiro atoms. The minimum absolute atomic E-state index is 0. The van der Waals surface area contributed by atoms with E-state index in [1.54, 1.807) is 13.0 Å². The van der Waals surface area contributed by atoms with Crippen LogP contribution in [0.4, 0.5) is 10.1 Å². The van der Waals surface area contributed by atoms with Crippen LogP contribution in [0.15, 0.2) is 22.7 Å². The fraction of sp³-hybridized carbons (Fsp3) is 0.591. The molecule has 2 aromatic rings. The lowest BCUT2D eigenvalue weighted by atomic mass is 9.91. The summed E-state index contributed by atoms with van der Waals surface area (Å²) in [6.07, 6.45) is 4.78. The molecule has 1 aliphatic carbocycles. The van der Waals surface area contributed by atoms with Gasteiger partial charge in [-0.15, -0.1) is 12.4 Å². The van der Waals surface area contributed by atoms with E-state index in [1.165, 1.54) is 25.3 Å². The Labute approximate surface area is 188 Å². The van der Waals surface area contributed by atoms with Gasteiger partial charge in [-0.1, -0.05) is 11.6 Å². The van der Waals surface area contributed by atoms with Crippen molar-refractivity contribution >= 4 is 24.0 Å². The Morgan fingerprint density at radius 3 is 2.52 bits per heavy atom. The van der Waals surface area contributed by atoms with E-state index >= 15 is 0 Å². The van der Waals surface area contributed by atoms with Gasteiger partial charge in [0.05, 0.1) is 11.5 Å². The van der Waals surface area contributed by atoms with Crippen molar-refractivity contribution < 1.29 is 13.7 Å². The van der Waals surface area contributed by atoms with Gasteiger partial charge in [-0.2, -0.15) is 4.98 Å². The maximum Gasteiger partial charge on any atom is 0.260 e. The zero-order chi connectivity index (χ0) is 20.7. The number of aryl methyl sites for hydroxylation is 1. The summed E-state index contributed by atoms with van der Waals surface area (Å²) >= 11 is 0. The van der Waals surface area contributed by atoms with Crippen LogP contribution in [0.5, 0.6) is 0 Å². The molecule has 9 heteroatoms. The standard InChI is InChI=1S/C22H28FN5O2.ClH/c1-15-24-21(30-25-15)19-6-5-18(13-20(19)23)28-8-7-16(14-28)22(29)27-11-9-26(10-12-27)17-3-2-4-17;/h5-6,13,16-17H,2-4,7-12,14H2,1H3;1H/t16-;/m0./s1. The first-order valence-electron chi connectivity index (χ1n) is 11.0. The Hall–Kier alpha value is -2.19. The van der Waals surface area contributed by atoms with Crippen LogP contribution in [-0.4, -0.2) is 71.2 Å². The number of nitrogens with zero attached hydrogens (tertiary/aromatic N) is 5. The van der Waals surface area contributed by atoms with Crippen molar-refractivity contribution in [1.29, 1.82) is 0 Å². The summed E-state index contributed by atoms with van der Waals surface area (Å²) in [7, 11) is 0. The molecule has 1 saturated carbocycles. The highest BCUT2D eigenvalue weighted by Gasteiger charge is 2.35. The molecular formula is C22H29ClFN5O2.